The van der Waals surface area contributed by atoms with Crippen LogP contribution in [-0.4, -0.2) is 31.3 Å². The topological polar surface area (TPSA) is 44.3 Å². The highest BCUT2D eigenvalue weighted by atomic mass is 16.3. The summed E-state index contributed by atoms with van der Waals surface area (Å²) in [7, 11) is 0. The number of hydrogen-bond acceptors (Lipinski definition) is 3. The minimum absolute atomic E-state index is 0.0711. The Morgan fingerprint density at radius 2 is 2.19 bits per heavy atom. The third-order valence-corrected chi connectivity index (χ3v) is 3.20. The smallest absolute Gasteiger partial charge is 0.0626 e. The summed E-state index contributed by atoms with van der Waals surface area (Å²) in [4.78, 5) is 0. The van der Waals surface area contributed by atoms with Gasteiger partial charge in [-0.2, -0.15) is 0 Å². The molecule has 2 atom stereocenters. The zero-order chi connectivity index (χ0) is 11.2. The lowest BCUT2D eigenvalue weighted by atomic mass is 10.1. The molecule has 0 aliphatic carbocycles. The van der Waals surface area contributed by atoms with E-state index in [1.807, 2.05) is 18.2 Å². The molecular formula is C13H20N2O. The lowest BCUT2D eigenvalue weighted by molar-refractivity contribution is 0.240. The van der Waals surface area contributed by atoms with Crippen molar-refractivity contribution in [1.82, 2.24) is 10.6 Å². The summed E-state index contributed by atoms with van der Waals surface area (Å²) in [5.41, 5.74) is 1.16. The van der Waals surface area contributed by atoms with Crippen LogP contribution < -0.4 is 10.6 Å². The minimum Gasteiger partial charge on any atom is -0.394 e. The largest absolute Gasteiger partial charge is 0.394 e. The maximum Gasteiger partial charge on any atom is 0.0626 e. The van der Waals surface area contributed by atoms with Crippen LogP contribution in [0.3, 0.4) is 0 Å². The fourth-order valence-corrected chi connectivity index (χ4v) is 2.17. The van der Waals surface area contributed by atoms with Crippen molar-refractivity contribution < 1.29 is 5.11 Å². The molecule has 0 unspecified atom stereocenters. The Labute approximate surface area is 96.9 Å². The van der Waals surface area contributed by atoms with Crippen molar-refractivity contribution in [3.63, 3.8) is 0 Å². The molecule has 1 aliphatic heterocycles. The number of aliphatic hydroxyl groups is 1. The molecule has 0 spiro atoms. The molecule has 88 valence electrons. The summed E-state index contributed by atoms with van der Waals surface area (Å²) in [6.07, 6.45) is 1.24. The first-order valence-corrected chi connectivity index (χ1v) is 6.00. The van der Waals surface area contributed by atoms with E-state index in [-0.39, 0.29) is 12.6 Å². The highest BCUT2D eigenvalue weighted by molar-refractivity contribution is 5.18. The van der Waals surface area contributed by atoms with Crippen molar-refractivity contribution in [3.8, 4) is 0 Å². The van der Waals surface area contributed by atoms with Crippen LogP contribution in [-0.2, 0) is 0 Å². The highest BCUT2D eigenvalue weighted by Crippen LogP contribution is 2.13. The second kappa shape index (κ2) is 5.99. The van der Waals surface area contributed by atoms with Gasteiger partial charge in [-0.05, 0) is 37.5 Å². The summed E-state index contributed by atoms with van der Waals surface area (Å²) in [6.45, 7) is 3.36. The Bertz CT molecular complexity index is 296. The number of aliphatic hydroxyl groups excluding tert-OH is 1. The van der Waals surface area contributed by atoms with Crippen LogP contribution in [0, 0.1) is 5.92 Å². The number of benzene rings is 1. The fraction of sp³-hybridized carbons (Fsp3) is 0.538. The van der Waals surface area contributed by atoms with Crippen LogP contribution in [0.15, 0.2) is 30.3 Å². The standard InChI is InChI=1S/C13H20N2O/c16-10-13(12-4-2-1-3-5-12)15-9-11-6-7-14-8-11/h1-5,11,13-16H,6-10H2/t11-,13+/m1/s1. The number of hydrogen-bond donors (Lipinski definition) is 3. The van der Waals surface area contributed by atoms with Gasteiger partial charge in [-0.15, -0.1) is 0 Å². The van der Waals surface area contributed by atoms with E-state index < -0.39 is 0 Å². The second-order valence-electron chi connectivity index (χ2n) is 4.41. The van der Waals surface area contributed by atoms with Gasteiger partial charge in [-0.25, -0.2) is 0 Å². The molecule has 16 heavy (non-hydrogen) atoms. The first-order chi connectivity index (χ1) is 7.90. The monoisotopic (exact) mass is 220 g/mol. The maximum atomic E-state index is 9.38. The van der Waals surface area contributed by atoms with Crippen LogP contribution in [0.1, 0.15) is 18.0 Å². The molecule has 1 aromatic carbocycles. The molecular weight excluding hydrogens is 200 g/mol. The maximum absolute atomic E-state index is 9.38. The molecule has 0 bridgehead atoms. The Hall–Kier alpha value is -0.900. The van der Waals surface area contributed by atoms with E-state index >= 15 is 0 Å². The summed E-state index contributed by atoms with van der Waals surface area (Å²) in [5.74, 6) is 0.706. The molecule has 0 radical (unpaired) electrons. The molecule has 0 saturated carbocycles. The van der Waals surface area contributed by atoms with Gasteiger partial charge in [0.2, 0.25) is 0 Å². The SMILES string of the molecule is OC[C@H](NC[C@@H]1CCNC1)c1ccccc1. The van der Waals surface area contributed by atoms with Crippen molar-refractivity contribution in [2.45, 2.75) is 12.5 Å². The molecule has 1 heterocycles. The van der Waals surface area contributed by atoms with Gasteiger partial charge in [-0.3, -0.25) is 0 Å². The first-order valence-electron chi connectivity index (χ1n) is 6.00. The molecule has 0 aromatic heterocycles. The summed E-state index contributed by atoms with van der Waals surface area (Å²) >= 11 is 0. The van der Waals surface area contributed by atoms with Crippen LogP contribution >= 0.6 is 0 Å². The van der Waals surface area contributed by atoms with Crippen molar-refractivity contribution in [2.24, 2.45) is 5.92 Å². The number of nitrogens with one attached hydrogen (secondary N) is 2. The second-order valence-corrected chi connectivity index (χ2v) is 4.41. The van der Waals surface area contributed by atoms with E-state index in [0.29, 0.717) is 5.92 Å². The Balaban J connectivity index is 1.85. The van der Waals surface area contributed by atoms with Crippen LogP contribution in [0.5, 0.6) is 0 Å². The fourth-order valence-electron chi connectivity index (χ4n) is 2.17. The average Bonchev–Trinajstić information content (AvgIpc) is 2.84. The molecule has 3 N–H and O–H groups in total. The predicted molar refractivity (Wildman–Crippen MR) is 65.2 cm³/mol. The van der Waals surface area contributed by atoms with Crippen molar-refractivity contribution >= 4 is 0 Å². The summed E-state index contributed by atoms with van der Waals surface area (Å²) in [6, 6.07) is 10.2. The van der Waals surface area contributed by atoms with E-state index in [1.54, 1.807) is 0 Å². The van der Waals surface area contributed by atoms with Gasteiger partial charge in [0.15, 0.2) is 0 Å². The third kappa shape index (κ3) is 3.04. The van der Waals surface area contributed by atoms with E-state index in [1.165, 1.54) is 6.42 Å². The quantitative estimate of drug-likeness (QED) is 0.691. The molecule has 1 aromatic rings. The van der Waals surface area contributed by atoms with Gasteiger partial charge in [0.25, 0.3) is 0 Å². The summed E-state index contributed by atoms with van der Waals surface area (Å²) in [5, 5.41) is 16.2. The first kappa shape index (κ1) is 11.6. The van der Waals surface area contributed by atoms with Gasteiger partial charge in [-0.1, -0.05) is 30.3 Å². The van der Waals surface area contributed by atoms with Crippen LogP contribution in [0.2, 0.25) is 0 Å². The molecule has 3 nitrogen and oxygen atoms in total. The molecule has 0 amide bonds. The summed E-state index contributed by atoms with van der Waals surface area (Å²) < 4.78 is 0. The number of rotatable bonds is 5. The Morgan fingerprint density at radius 1 is 1.38 bits per heavy atom. The Kier molecular flexibility index (Phi) is 4.34. The van der Waals surface area contributed by atoms with Gasteiger partial charge in [0, 0.05) is 0 Å². The van der Waals surface area contributed by atoms with Crippen molar-refractivity contribution in [3.05, 3.63) is 35.9 Å². The van der Waals surface area contributed by atoms with Crippen LogP contribution in [0.25, 0.3) is 0 Å². The molecule has 1 saturated heterocycles. The molecule has 3 heteroatoms. The van der Waals surface area contributed by atoms with Crippen LogP contribution in [0.4, 0.5) is 0 Å². The average molecular weight is 220 g/mol. The zero-order valence-electron chi connectivity index (χ0n) is 9.52. The van der Waals surface area contributed by atoms with E-state index in [2.05, 4.69) is 22.8 Å². The molecule has 1 aliphatic rings. The molecule has 2 rings (SSSR count). The van der Waals surface area contributed by atoms with Gasteiger partial charge >= 0.3 is 0 Å². The van der Waals surface area contributed by atoms with Gasteiger partial charge in [0.1, 0.15) is 0 Å². The highest BCUT2D eigenvalue weighted by Gasteiger charge is 2.16. The molecule has 1 fully saturated rings. The minimum atomic E-state index is 0.0711. The lowest BCUT2D eigenvalue weighted by Gasteiger charge is -2.19. The zero-order valence-corrected chi connectivity index (χ0v) is 9.52. The van der Waals surface area contributed by atoms with Crippen molar-refractivity contribution in [2.75, 3.05) is 26.2 Å². The predicted octanol–water partition coefficient (Wildman–Crippen LogP) is 0.919. The van der Waals surface area contributed by atoms with E-state index in [0.717, 1.165) is 25.2 Å². The third-order valence-electron chi connectivity index (χ3n) is 3.20. The van der Waals surface area contributed by atoms with Crippen molar-refractivity contribution in [1.29, 1.82) is 0 Å². The van der Waals surface area contributed by atoms with Gasteiger partial charge in [0.05, 0.1) is 12.6 Å². The Morgan fingerprint density at radius 3 is 2.81 bits per heavy atom. The normalized spacial score (nSPS) is 22.2. The van der Waals surface area contributed by atoms with E-state index in [9.17, 15) is 5.11 Å². The lowest BCUT2D eigenvalue weighted by Crippen LogP contribution is -2.30. The van der Waals surface area contributed by atoms with Gasteiger partial charge < -0.3 is 15.7 Å². The van der Waals surface area contributed by atoms with E-state index in [4.69, 9.17) is 0 Å².